The van der Waals surface area contributed by atoms with E-state index in [0.29, 0.717) is 42.9 Å². The largest absolute Gasteiger partial charge is 0.492 e. The van der Waals surface area contributed by atoms with Crippen molar-refractivity contribution in [1.29, 1.82) is 0 Å². The molecule has 8 heteroatoms. The number of aryl methyl sites for hydroxylation is 3. The summed E-state index contributed by atoms with van der Waals surface area (Å²) in [7, 11) is 0. The van der Waals surface area contributed by atoms with Crippen molar-refractivity contribution >= 4 is 5.97 Å². The second-order valence-corrected chi connectivity index (χ2v) is 15.9. The van der Waals surface area contributed by atoms with E-state index in [0.717, 1.165) is 34.6 Å². The molecule has 1 aliphatic rings. The van der Waals surface area contributed by atoms with E-state index in [1.165, 1.54) is 73.6 Å². The third kappa shape index (κ3) is 13.0. The Morgan fingerprint density at radius 2 is 1.41 bits per heavy atom. The SMILES string of the molecule is C=C(C)C(=O)OCCCc1cc(-c2ccc(-c3ccc(C4CCC(CCCCC)CC4)cc3)cc2CC)cc(CCCO)c1OCC(CO)(CO)COCCO. The van der Waals surface area contributed by atoms with Crippen LogP contribution in [0.1, 0.15) is 113 Å². The quantitative estimate of drug-likeness (QED) is 0.0383. The van der Waals surface area contributed by atoms with Crippen molar-refractivity contribution in [2.45, 2.75) is 110 Å². The molecule has 56 heavy (non-hydrogen) atoms. The number of unbranched alkanes of at least 4 members (excludes halogenated alkanes) is 2. The fourth-order valence-corrected chi connectivity index (χ4v) is 7.90. The molecule has 0 unspecified atom stereocenters. The van der Waals surface area contributed by atoms with E-state index in [-0.39, 0.29) is 52.9 Å². The summed E-state index contributed by atoms with van der Waals surface area (Å²) in [5, 5.41) is 39.7. The number of rotatable bonds is 25. The number of aliphatic hydroxyl groups is 4. The lowest BCUT2D eigenvalue weighted by Crippen LogP contribution is -2.41. The Kier molecular flexibility index (Phi) is 19.1. The van der Waals surface area contributed by atoms with E-state index in [1.807, 2.05) is 0 Å². The van der Waals surface area contributed by atoms with E-state index in [9.17, 15) is 25.2 Å². The van der Waals surface area contributed by atoms with Gasteiger partial charge in [0.2, 0.25) is 0 Å². The summed E-state index contributed by atoms with van der Waals surface area (Å²) in [5.41, 5.74) is 8.28. The fraction of sp³-hybridized carbons (Fsp3) is 0.562. The number of hydrogen-bond donors (Lipinski definition) is 4. The third-order valence-corrected chi connectivity index (χ3v) is 11.4. The van der Waals surface area contributed by atoms with Crippen molar-refractivity contribution in [1.82, 2.24) is 0 Å². The van der Waals surface area contributed by atoms with Crippen LogP contribution in [0.15, 0.2) is 66.7 Å². The Morgan fingerprint density at radius 1 is 0.750 bits per heavy atom. The zero-order valence-corrected chi connectivity index (χ0v) is 34.3. The molecule has 0 bridgehead atoms. The van der Waals surface area contributed by atoms with Gasteiger partial charge in [-0.2, -0.15) is 0 Å². The second kappa shape index (κ2) is 23.6. The van der Waals surface area contributed by atoms with Crippen LogP contribution >= 0.6 is 0 Å². The zero-order chi connectivity index (χ0) is 40.3. The molecule has 0 spiro atoms. The first-order valence-electron chi connectivity index (χ1n) is 21.1. The second-order valence-electron chi connectivity index (χ2n) is 15.9. The normalized spacial score (nSPS) is 15.8. The molecule has 3 aromatic rings. The Labute approximate surface area is 335 Å². The van der Waals surface area contributed by atoms with Crippen molar-refractivity contribution in [3.8, 4) is 28.0 Å². The topological polar surface area (TPSA) is 126 Å². The van der Waals surface area contributed by atoms with Gasteiger partial charge in [0.15, 0.2) is 0 Å². The summed E-state index contributed by atoms with van der Waals surface area (Å²) < 4.78 is 17.4. The van der Waals surface area contributed by atoms with Crippen LogP contribution in [0.3, 0.4) is 0 Å². The van der Waals surface area contributed by atoms with Crippen molar-refractivity contribution in [3.05, 3.63) is 89.0 Å². The first-order chi connectivity index (χ1) is 27.2. The maximum absolute atomic E-state index is 12.1. The highest BCUT2D eigenvalue weighted by Gasteiger charge is 2.32. The third-order valence-electron chi connectivity index (χ3n) is 11.4. The van der Waals surface area contributed by atoms with Crippen molar-refractivity contribution in [2.24, 2.45) is 11.3 Å². The lowest BCUT2D eigenvalue weighted by Gasteiger charge is -2.30. The molecule has 0 heterocycles. The number of ether oxygens (including phenoxy) is 3. The molecule has 4 rings (SSSR count). The van der Waals surface area contributed by atoms with Crippen LogP contribution in [-0.4, -0.2) is 79.3 Å². The molecule has 1 fully saturated rings. The van der Waals surface area contributed by atoms with Crippen molar-refractivity contribution in [3.63, 3.8) is 0 Å². The van der Waals surface area contributed by atoms with E-state index in [4.69, 9.17) is 14.2 Å². The lowest BCUT2D eigenvalue weighted by atomic mass is 9.77. The average Bonchev–Trinajstić information content (AvgIpc) is 3.23. The highest BCUT2D eigenvalue weighted by atomic mass is 16.5. The predicted molar refractivity (Wildman–Crippen MR) is 225 cm³/mol. The summed E-state index contributed by atoms with van der Waals surface area (Å²) in [6.07, 6.45) is 13.7. The van der Waals surface area contributed by atoms with Gasteiger partial charge in [-0.15, -0.1) is 0 Å². The van der Waals surface area contributed by atoms with Gasteiger partial charge in [0.1, 0.15) is 12.4 Å². The Bertz CT molecular complexity index is 1640. The van der Waals surface area contributed by atoms with Gasteiger partial charge >= 0.3 is 5.97 Å². The minimum absolute atomic E-state index is 0.00589. The minimum Gasteiger partial charge on any atom is -0.492 e. The molecule has 3 aromatic carbocycles. The minimum atomic E-state index is -1.09. The van der Waals surface area contributed by atoms with Crippen LogP contribution in [0, 0.1) is 11.3 Å². The van der Waals surface area contributed by atoms with Crippen LogP contribution in [0.4, 0.5) is 0 Å². The van der Waals surface area contributed by atoms with Crippen LogP contribution in [0.25, 0.3) is 22.3 Å². The number of benzene rings is 3. The van der Waals surface area contributed by atoms with Gasteiger partial charge in [-0.05, 0) is 133 Å². The molecule has 1 aliphatic carbocycles. The number of aliphatic hydroxyl groups excluding tert-OH is 4. The molecule has 8 nitrogen and oxygen atoms in total. The molecule has 0 amide bonds. The number of carbonyl (C=O) groups excluding carboxylic acids is 1. The van der Waals surface area contributed by atoms with Crippen LogP contribution < -0.4 is 4.74 Å². The molecule has 4 N–H and O–H groups in total. The van der Waals surface area contributed by atoms with E-state index in [2.05, 4.69) is 75.0 Å². The summed E-state index contributed by atoms with van der Waals surface area (Å²) in [4.78, 5) is 12.1. The average molecular weight is 773 g/mol. The molecular weight excluding hydrogens is 705 g/mol. The van der Waals surface area contributed by atoms with E-state index >= 15 is 0 Å². The predicted octanol–water partition coefficient (Wildman–Crippen LogP) is 8.77. The highest BCUT2D eigenvalue weighted by Crippen LogP contribution is 2.40. The van der Waals surface area contributed by atoms with Crippen LogP contribution in [0.5, 0.6) is 5.75 Å². The molecule has 0 saturated heterocycles. The lowest BCUT2D eigenvalue weighted by molar-refractivity contribution is -0.139. The van der Waals surface area contributed by atoms with Gasteiger partial charge in [-0.25, -0.2) is 4.79 Å². The maximum Gasteiger partial charge on any atom is 0.333 e. The van der Waals surface area contributed by atoms with Gasteiger partial charge in [-0.3, -0.25) is 0 Å². The molecule has 1 saturated carbocycles. The van der Waals surface area contributed by atoms with Gasteiger partial charge in [0.25, 0.3) is 0 Å². The Morgan fingerprint density at radius 3 is 2.02 bits per heavy atom. The van der Waals surface area contributed by atoms with Gasteiger partial charge in [0.05, 0.1) is 45.1 Å². The summed E-state index contributed by atoms with van der Waals surface area (Å²) in [6.45, 7) is 9.11. The summed E-state index contributed by atoms with van der Waals surface area (Å²) in [5.74, 6) is 1.75. The van der Waals surface area contributed by atoms with Crippen LogP contribution in [0.2, 0.25) is 0 Å². The van der Waals surface area contributed by atoms with Crippen molar-refractivity contribution in [2.75, 3.05) is 52.9 Å². The Hall–Kier alpha value is -3.53. The van der Waals surface area contributed by atoms with Gasteiger partial charge < -0.3 is 34.6 Å². The molecule has 0 aromatic heterocycles. The molecule has 0 atom stereocenters. The highest BCUT2D eigenvalue weighted by molar-refractivity contribution is 5.86. The molecule has 0 radical (unpaired) electrons. The molecule has 308 valence electrons. The summed E-state index contributed by atoms with van der Waals surface area (Å²) >= 11 is 0. The number of carbonyl (C=O) groups is 1. The van der Waals surface area contributed by atoms with Crippen molar-refractivity contribution < 1.29 is 39.4 Å². The first kappa shape index (κ1) is 45.2. The monoisotopic (exact) mass is 772 g/mol. The number of hydrogen-bond acceptors (Lipinski definition) is 8. The van der Waals surface area contributed by atoms with Crippen LogP contribution in [-0.2, 0) is 33.5 Å². The fourth-order valence-electron chi connectivity index (χ4n) is 7.90. The van der Waals surface area contributed by atoms with Gasteiger partial charge in [0, 0.05) is 12.2 Å². The Balaban J connectivity index is 1.62. The maximum atomic E-state index is 12.1. The zero-order valence-electron chi connectivity index (χ0n) is 34.3. The molecular formula is C48H68O8. The van der Waals surface area contributed by atoms with E-state index in [1.54, 1.807) is 6.92 Å². The van der Waals surface area contributed by atoms with Gasteiger partial charge in [-0.1, -0.05) is 88.6 Å². The van der Waals surface area contributed by atoms with E-state index < -0.39 is 11.4 Å². The first-order valence-corrected chi connectivity index (χ1v) is 21.1. The summed E-state index contributed by atoms with van der Waals surface area (Å²) in [6, 6.07) is 20.2. The smallest absolute Gasteiger partial charge is 0.333 e. The number of esters is 1. The standard InChI is InChI=1S/C48H68O8/c1-5-7-8-11-36-14-16-38(17-15-36)39-18-20-40(21-19-39)41-22-23-45(37(6-2)28-41)44-29-42(12-9-24-49)46(43(30-44)13-10-26-55-47(53)35(3)4)56-34-48(31-51,32-52)33-54-27-25-50/h18-23,28-30,36,38,49-52H,3,5-17,24-27,31-34H2,1-2,4H3. The molecule has 0 aliphatic heterocycles.